The smallest absolute Gasteiger partial charge is 0.164 e. The van der Waals surface area contributed by atoms with E-state index in [1.165, 1.54) is 104 Å². The average Bonchev–Trinajstić information content (AvgIpc) is 1.31. The van der Waals surface area contributed by atoms with E-state index in [2.05, 4.69) is 302 Å². The van der Waals surface area contributed by atoms with Crippen molar-refractivity contribution in [3.8, 4) is 130 Å². The number of rotatable bonds is 12. The van der Waals surface area contributed by atoms with Crippen LogP contribution in [0, 0.1) is 34.6 Å². The zero-order valence-electron chi connectivity index (χ0n) is 69.6. The summed E-state index contributed by atoms with van der Waals surface area (Å²) < 4.78 is 2.38. The van der Waals surface area contributed by atoms with Crippen molar-refractivity contribution in [1.82, 2.24) is 44.4 Å². The molecule has 0 spiro atoms. The van der Waals surface area contributed by atoms with Gasteiger partial charge in [0.25, 0.3) is 0 Å². The van der Waals surface area contributed by atoms with Crippen LogP contribution in [0.4, 0.5) is 0 Å². The first kappa shape index (κ1) is 79.0. The topological polar surface area (TPSA) is 108 Å². The minimum absolute atomic E-state index is 0.685. The number of fused-ring (bicyclic) bond motifs is 3. The predicted molar refractivity (Wildman–Crippen MR) is 516 cm³/mol. The van der Waals surface area contributed by atoms with Crippen molar-refractivity contribution < 1.29 is 0 Å². The molecule has 9 heteroatoms. The minimum atomic E-state index is 0.685. The fourth-order valence-corrected chi connectivity index (χ4v) is 15.9. The van der Waals surface area contributed by atoms with Gasteiger partial charge in [-0.25, -0.2) is 39.9 Å². The van der Waals surface area contributed by atoms with Gasteiger partial charge < -0.3 is 4.57 Å². The molecule has 5 aromatic heterocycles. The van der Waals surface area contributed by atoms with E-state index in [-0.39, 0.29) is 0 Å². The largest absolute Gasteiger partial charge is 0.309 e. The third-order valence-electron chi connectivity index (χ3n) is 22.2. The molecule has 0 unspecified atom stereocenters. The van der Waals surface area contributed by atoms with Crippen molar-refractivity contribution in [3.05, 3.63) is 465 Å². The Morgan fingerprint density at radius 1 is 0.185 bits per heavy atom. The summed E-state index contributed by atoms with van der Waals surface area (Å²) in [5.74, 6) is 4.22. The van der Waals surface area contributed by atoms with Crippen LogP contribution in [0.25, 0.3) is 184 Å². The lowest BCUT2D eigenvalue weighted by molar-refractivity contribution is 0.992. The lowest BCUT2D eigenvalue weighted by Gasteiger charge is -2.15. The second kappa shape index (κ2) is 36.6. The minimum Gasteiger partial charge on any atom is -0.309 e. The van der Waals surface area contributed by atoms with Crippen LogP contribution in [0.3, 0.4) is 0 Å². The molecule has 0 fully saturated rings. The number of aromatic nitrogens is 9. The molecule has 0 radical (unpaired) electrons. The van der Waals surface area contributed by atoms with Gasteiger partial charge in [0.1, 0.15) is 5.82 Å². The molecular formula is C115H87N9. The van der Waals surface area contributed by atoms with Crippen molar-refractivity contribution in [2.24, 2.45) is 0 Å². The number of para-hydroxylation sites is 2. The van der Waals surface area contributed by atoms with Gasteiger partial charge in [0.2, 0.25) is 0 Å². The van der Waals surface area contributed by atoms with E-state index in [4.69, 9.17) is 24.9 Å². The first-order chi connectivity index (χ1) is 61.0. The zero-order valence-corrected chi connectivity index (χ0v) is 69.6. The fourth-order valence-electron chi connectivity index (χ4n) is 15.9. The molecule has 0 N–H and O–H groups in total. The molecular weight excluding hydrogens is 1510 g/mol. The van der Waals surface area contributed by atoms with Gasteiger partial charge in [-0.2, -0.15) is 0 Å². The molecule has 0 saturated carbocycles. The Bertz CT molecular complexity index is 6860. The maximum absolute atomic E-state index is 4.92. The van der Waals surface area contributed by atoms with Gasteiger partial charge >= 0.3 is 0 Å². The van der Waals surface area contributed by atoms with Crippen molar-refractivity contribution in [1.29, 1.82) is 0 Å². The highest BCUT2D eigenvalue weighted by atomic mass is 15.0. The van der Waals surface area contributed by atoms with E-state index >= 15 is 0 Å². The van der Waals surface area contributed by atoms with Crippen LogP contribution >= 0.6 is 0 Å². The second-order valence-corrected chi connectivity index (χ2v) is 30.9. The summed E-state index contributed by atoms with van der Waals surface area (Å²) in [4.78, 5) is 37.2. The molecule has 22 rings (SSSR count). The van der Waals surface area contributed by atoms with Gasteiger partial charge in [-0.1, -0.05) is 393 Å². The molecule has 124 heavy (non-hydrogen) atoms. The molecule has 0 aliphatic heterocycles. The summed E-state index contributed by atoms with van der Waals surface area (Å²) in [7, 11) is 0. The van der Waals surface area contributed by atoms with E-state index in [1.807, 2.05) is 189 Å². The number of nitrogens with zero attached hydrogens (tertiary/aromatic N) is 9. The first-order valence-corrected chi connectivity index (χ1v) is 41.9. The van der Waals surface area contributed by atoms with Crippen LogP contribution in [-0.2, 0) is 0 Å². The quantitative estimate of drug-likeness (QED) is 0.111. The van der Waals surface area contributed by atoms with E-state index < -0.39 is 0 Å². The normalized spacial score (nSPS) is 10.9. The Labute approximate surface area is 723 Å². The third kappa shape index (κ3) is 17.8. The van der Waals surface area contributed by atoms with Crippen LogP contribution in [0.1, 0.15) is 28.1 Å². The number of pyridine rings is 2. The van der Waals surface area contributed by atoms with Crippen molar-refractivity contribution in [2.75, 3.05) is 0 Å². The summed E-state index contributed by atoms with van der Waals surface area (Å²) in [6, 6.07) is 151. The lowest BCUT2D eigenvalue weighted by Crippen LogP contribution is -2.00. The first-order valence-electron chi connectivity index (χ1n) is 41.9. The maximum Gasteiger partial charge on any atom is 0.164 e. The Morgan fingerprint density at radius 3 is 0.944 bits per heavy atom. The van der Waals surface area contributed by atoms with Crippen LogP contribution < -0.4 is 0 Å². The third-order valence-corrected chi connectivity index (χ3v) is 22.2. The van der Waals surface area contributed by atoms with Crippen LogP contribution in [-0.4, -0.2) is 44.4 Å². The van der Waals surface area contributed by atoms with Crippen LogP contribution in [0.15, 0.2) is 437 Å². The summed E-state index contributed by atoms with van der Waals surface area (Å²) in [5.41, 5.74) is 27.2. The fraction of sp³-hybridized carbons (Fsp3) is 0.0435. The summed E-state index contributed by atoms with van der Waals surface area (Å²) in [6.07, 6.45) is 0. The monoisotopic (exact) mass is 1590 g/mol. The predicted octanol–water partition coefficient (Wildman–Crippen LogP) is 29.5. The Hall–Kier alpha value is -16.1. The zero-order chi connectivity index (χ0) is 84.1. The number of hydrogen-bond acceptors (Lipinski definition) is 8. The highest BCUT2D eigenvalue weighted by molar-refractivity contribution is 6.26. The van der Waals surface area contributed by atoms with Crippen molar-refractivity contribution in [3.63, 3.8) is 0 Å². The Balaban J connectivity index is 0.000000108. The summed E-state index contributed by atoms with van der Waals surface area (Å²) >= 11 is 0. The number of benzene rings is 17. The second-order valence-electron chi connectivity index (χ2n) is 30.9. The van der Waals surface area contributed by atoms with E-state index in [0.29, 0.717) is 29.1 Å². The molecule has 9 nitrogen and oxygen atoms in total. The van der Waals surface area contributed by atoms with Gasteiger partial charge in [-0.3, -0.25) is 0 Å². The van der Waals surface area contributed by atoms with Gasteiger partial charge in [0.05, 0.1) is 33.8 Å². The maximum atomic E-state index is 4.92. The molecule has 17 aromatic carbocycles. The Kier molecular flexibility index (Phi) is 23.4. The molecule has 0 amide bonds. The highest BCUT2D eigenvalue weighted by Crippen LogP contribution is 2.43. The highest BCUT2D eigenvalue weighted by Gasteiger charge is 2.19. The standard InChI is InChI=1S/C35H23N.C24H19N.C22H17N3.C18H15N.C16H13N3/c1-22-11-12-23-15-19-30-28(18-14-24-13-17-27(22)34(23)35(24)30)25-16-20-33-31(21-25)29-9-5-6-10-32(29)36(33)26-7-3-2-4-8-26;1-18-12-14-19(15-13-18)22-16-23(20-8-4-2-5-9-20)25-24(17-22)21-10-6-3-7-11-21;1-16-12-14-19(15-13-16)22-24-20(17-8-4-2-5-9-17)23-21(25-22)18-10-6-3-7-11-18;1-14-12-17(15-8-4-2-5-9-15)19-18(13-14)16-10-6-3-7-11-16;1-12-17-15(13-8-4-2-5-9-13)19-16(18-12)14-10-6-3-7-11-14/h2-21H,1H3;2-17H,1H3;2-15H,1H3;2-13H,1H3;2-11H,1H3. The van der Waals surface area contributed by atoms with Gasteiger partial charge in [-0.05, 0) is 155 Å². The molecule has 5 heterocycles. The summed E-state index contributed by atoms with van der Waals surface area (Å²) in [6.45, 7) is 10.4. The summed E-state index contributed by atoms with van der Waals surface area (Å²) in [5, 5.41) is 10.6. The van der Waals surface area contributed by atoms with E-state index in [9.17, 15) is 0 Å². The number of aryl methyl sites for hydroxylation is 5. The molecule has 0 aliphatic carbocycles. The lowest BCUT2D eigenvalue weighted by atomic mass is 9.88. The van der Waals surface area contributed by atoms with Gasteiger partial charge in [0.15, 0.2) is 29.1 Å². The number of hydrogen-bond donors (Lipinski definition) is 0. The molecule has 0 bridgehead atoms. The molecule has 0 aliphatic rings. The van der Waals surface area contributed by atoms with Crippen LogP contribution in [0.5, 0.6) is 0 Å². The molecule has 0 atom stereocenters. The van der Waals surface area contributed by atoms with Gasteiger partial charge in [0, 0.05) is 66.5 Å². The van der Waals surface area contributed by atoms with E-state index in [0.717, 1.165) is 78.7 Å². The van der Waals surface area contributed by atoms with Gasteiger partial charge in [-0.15, -0.1) is 0 Å². The molecule has 0 saturated heterocycles. The molecule has 22 aromatic rings. The SMILES string of the molecule is Cc1cc(-c2ccccc2)nc(-c2ccccc2)c1.Cc1ccc(-c2cc(-c3ccccc3)nc(-c3ccccc3)c2)cc1.Cc1ccc(-c2nc(-c3ccccc3)nc(-c3ccccc3)n2)cc1.Cc1ccc2ccc3c(-c4ccc5c(c4)c4ccccc4n5-c4ccccc4)ccc4ccc1c2c43.Cc1nc(-c2ccccc2)nc(-c2ccccc2)n1. The van der Waals surface area contributed by atoms with Crippen molar-refractivity contribution >= 4 is 54.1 Å². The average molecular weight is 1600 g/mol. The molecule has 592 valence electrons. The van der Waals surface area contributed by atoms with Crippen molar-refractivity contribution in [2.45, 2.75) is 34.6 Å². The van der Waals surface area contributed by atoms with Crippen LogP contribution in [0.2, 0.25) is 0 Å². The van der Waals surface area contributed by atoms with E-state index in [1.54, 1.807) is 0 Å². The Morgan fingerprint density at radius 2 is 0.508 bits per heavy atom.